The zero-order chi connectivity index (χ0) is 30.1. The topological polar surface area (TPSA) is 124 Å². The number of nitro groups is 2. The van der Waals surface area contributed by atoms with Crippen molar-refractivity contribution in [1.82, 2.24) is 0 Å². The zero-order valence-electron chi connectivity index (χ0n) is 22.9. The molecule has 1 atom stereocenters. The van der Waals surface area contributed by atoms with Crippen molar-refractivity contribution in [3.8, 4) is 11.1 Å². The molecule has 1 aliphatic carbocycles. The minimum Gasteiger partial charge on any atom is -0.478 e. The van der Waals surface area contributed by atoms with Crippen molar-refractivity contribution in [2.45, 2.75) is 58.8 Å². The second-order valence-corrected chi connectivity index (χ2v) is 9.88. The first kappa shape index (κ1) is 31.1. The number of nitrogens with zero attached hydrogens (tertiary/aromatic N) is 2. The molecule has 0 radical (unpaired) electrons. The molecule has 0 fully saturated rings. The molecule has 3 aromatic rings. The van der Waals surface area contributed by atoms with Gasteiger partial charge in [0.25, 0.3) is 11.4 Å². The number of hydrogen-bond acceptors (Lipinski definition) is 5. The van der Waals surface area contributed by atoms with Crippen molar-refractivity contribution < 1.29 is 28.5 Å². The third-order valence-corrected chi connectivity index (χ3v) is 7.07. The van der Waals surface area contributed by atoms with E-state index in [0.29, 0.717) is 29.0 Å². The minimum absolute atomic E-state index is 0.0440. The summed E-state index contributed by atoms with van der Waals surface area (Å²) in [6.45, 7) is 3.91. The highest BCUT2D eigenvalue weighted by Gasteiger charge is 2.27. The third kappa shape index (κ3) is 7.59. The fraction of sp³-hybridized carbons (Fsp3) is 0.323. The van der Waals surface area contributed by atoms with E-state index in [2.05, 4.69) is 13.0 Å². The predicted molar refractivity (Wildman–Crippen MR) is 153 cm³/mol. The van der Waals surface area contributed by atoms with Crippen LogP contribution >= 0.6 is 0 Å². The number of aromatic carboxylic acids is 1. The average Bonchev–Trinajstić information content (AvgIpc) is 2.96. The molecule has 41 heavy (non-hydrogen) atoms. The normalized spacial score (nSPS) is 14.4. The summed E-state index contributed by atoms with van der Waals surface area (Å²) in [7, 11) is 0. The van der Waals surface area contributed by atoms with E-state index in [1.54, 1.807) is 31.2 Å². The fourth-order valence-electron chi connectivity index (χ4n) is 5.04. The molecule has 4 rings (SSSR count). The van der Waals surface area contributed by atoms with Gasteiger partial charge in [0.2, 0.25) is 0 Å². The maximum atomic E-state index is 14.6. The van der Waals surface area contributed by atoms with Crippen molar-refractivity contribution in [1.29, 1.82) is 0 Å². The van der Waals surface area contributed by atoms with Gasteiger partial charge in [0.05, 0.1) is 15.4 Å². The first-order valence-corrected chi connectivity index (χ1v) is 13.5. The Hall–Kier alpha value is -4.47. The van der Waals surface area contributed by atoms with Gasteiger partial charge in [-0.15, -0.1) is 0 Å². The number of carbonyl (C=O) groups is 1. The average molecular weight is 567 g/mol. The Bertz CT molecular complexity index is 1420. The standard InChI is InChI=1S/C21H22F2.C10H10N2O6/c1-2-6-15-9-11-17(12-10-15)19-14-13-18(20(22)21(19)23)16-7-4-3-5-8-16;1-2-3-7-8(11(15)16)4-6(10(13)14)5-9(7)12(17)18/h3-5,7-8,11,13-15H,2,6,9-10,12H2,1H3;4-5H,2-3H2,1H3,(H,13,14). The Kier molecular flexibility index (Phi) is 10.8. The van der Waals surface area contributed by atoms with Crippen molar-refractivity contribution in [2.75, 3.05) is 0 Å². The van der Waals surface area contributed by atoms with Crippen LogP contribution in [0.15, 0.2) is 60.7 Å². The molecular formula is C31H32F2N2O6. The Morgan fingerprint density at radius 2 is 1.51 bits per heavy atom. The Balaban J connectivity index is 0.000000233. The summed E-state index contributed by atoms with van der Waals surface area (Å²) in [5, 5.41) is 30.4. The second kappa shape index (κ2) is 14.2. The molecule has 3 aromatic carbocycles. The molecule has 1 unspecified atom stereocenters. The van der Waals surface area contributed by atoms with E-state index in [1.165, 1.54) is 12.8 Å². The summed E-state index contributed by atoms with van der Waals surface area (Å²) in [6, 6.07) is 14.2. The van der Waals surface area contributed by atoms with Crippen LogP contribution in [0.5, 0.6) is 0 Å². The highest BCUT2D eigenvalue weighted by atomic mass is 19.2. The predicted octanol–water partition coefficient (Wildman–Crippen LogP) is 8.77. The van der Waals surface area contributed by atoms with Crippen LogP contribution in [0.25, 0.3) is 16.7 Å². The van der Waals surface area contributed by atoms with E-state index in [1.807, 2.05) is 18.2 Å². The van der Waals surface area contributed by atoms with Crippen molar-refractivity contribution in [3.05, 3.63) is 109 Å². The van der Waals surface area contributed by atoms with Gasteiger partial charge in [-0.1, -0.05) is 81.7 Å². The number of allylic oxidation sites excluding steroid dienone is 2. The van der Waals surface area contributed by atoms with Gasteiger partial charge in [-0.05, 0) is 42.7 Å². The monoisotopic (exact) mass is 566 g/mol. The fourth-order valence-corrected chi connectivity index (χ4v) is 5.04. The van der Waals surface area contributed by atoms with Crippen molar-refractivity contribution >= 4 is 22.9 Å². The van der Waals surface area contributed by atoms with Crippen LogP contribution in [0.3, 0.4) is 0 Å². The molecule has 8 nitrogen and oxygen atoms in total. The number of hydrogen-bond donors (Lipinski definition) is 1. The molecule has 10 heteroatoms. The van der Waals surface area contributed by atoms with Crippen LogP contribution in [-0.2, 0) is 6.42 Å². The Morgan fingerprint density at radius 1 is 0.927 bits per heavy atom. The van der Waals surface area contributed by atoms with Gasteiger partial charge < -0.3 is 5.11 Å². The van der Waals surface area contributed by atoms with Crippen LogP contribution < -0.4 is 0 Å². The van der Waals surface area contributed by atoms with Gasteiger partial charge in [-0.2, -0.15) is 0 Å². The third-order valence-electron chi connectivity index (χ3n) is 7.07. The van der Waals surface area contributed by atoms with Gasteiger partial charge >= 0.3 is 5.97 Å². The van der Waals surface area contributed by atoms with Gasteiger partial charge in [-0.25, -0.2) is 13.6 Å². The highest BCUT2D eigenvalue weighted by molar-refractivity contribution is 5.90. The summed E-state index contributed by atoms with van der Waals surface area (Å²) in [5.41, 5.74) is 0.853. The SMILES string of the molecule is CCCC1CC=C(c2ccc(-c3ccccc3)c(F)c2F)CC1.CCCc1c([N+](=O)[O-])cc(C(=O)O)cc1[N+](=O)[O-]. The summed E-state index contributed by atoms with van der Waals surface area (Å²) < 4.78 is 29.1. The van der Waals surface area contributed by atoms with Crippen LogP contribution in [0, 0.1) is 37.8 Å². The summed E-state index contributed by atoms with van der Waals surface area (Å²) in [5.74, 6) is -2.21. The molecule has 0 saturated carbocycles. The van der Waals surface area contributed by atoms with E-state index in [0.717, 1.165) is 37.0 Å². The van der Waals surface area contributed by atoms with Crippen LogP contribution in [-0.4, -0.2) is 20.9 Å². The van der Waals surface area contributed by atoms with Crippen molar-refractivity contribution in [2.24, 2.45) is 5.92 Å². The smallest absolute Gasteiger partial charge is 0.336 e. The second-order valence-electron chi connectivity index (χ2n) is 9.88. The molecule has 216 valence electrons. The minimum atomic E-state index is -1.44. The molecule has 0 heterocycles. The Labute approximate surface area is 236 Å². The molecular weight excluding hydrogens is 534 g/mol. The van der Waals surface area contributed by atoms with Crippen molar-refractivity contribution in [3.63, 3.8) is 0 Å². The van der Waals surface area contributed by atoms with Gasteiger partial charge in [0.1, 0.15) is 5.56 Å². The number of nitro benzene ring substituents is 2. The molecule has 1 aliphatic rings. The molecule has 0 aromatic heterocycles. The molecule has 0 amide bonds. The van der Waals surface area contributed by atoms with Crippen LogP contribution in [0.1, 0.15) is 73.9 Å². The molecule has 0 spiro atoms. The van der Waals surface area contributed by atoms with E-state index in [4.69, 9.17) is 5.11 Å². The summed E-state index contributed by atoms with van der Waals surface area (Å²) in [6.07, 6.45) is 8.01. The first-order chi connectivity index (χ1) is 19.6. The Morgan fingerprint density at radius 3 is 2.00 bits per heavy atom. The van der Waals surface area contributed by atoms with E-state index >= 15 is 0 Å². The number of carboxylic acids is 1. The molecule has 0 aliphatic heterocycles. The lowest BCUT2D eigenvalue weighted by Crippen LogP contribution is -2.06. The summed E-state index contributed by atoms with van der Waals surface area (Å²) in [4.78, 5) is 30.8. The summed E-state index contributed by atoms with van der Waals surface area (Å²) >= 11 is 0. The quantitative estimate of drug-likeness (QED) is 0.204. The highest BCUT2D eigenvalue weighted by Crippen LogP contribution is 2.36. The largest absolute Gasteiger partial charge is 0.478 e. The van der Waals surface area contributed by atoms with Gasteiger partial charge in [0, 0.05) is 23.3 Å². The van der Waals surface area contributed by atoms with Crippen LogP contribution in [0.4, 0.5) is 20.2 Å². The van der Waals surface area contributed by atoms with Gasteiger partial charge in [0.15, 0.2) is 11.6 Å². The first-order valence-electron chi connectivity index (χ1n) is 13.5. The van der Waals surface area contributed by atoms with Gasteiger partial charge in [-0.3, -0.25) is 20.2 Å². The number of halogens is 2. The zero-order valence-corrected chi connectivity index (χ0v) is 22.9. The number of carboxylic acid groups (broad SMARTS) is 1. The molecule has 0 bridgehead atoms. The number of benzene rings is 3. The maximum Gasteiger partial charge on any atom is 0.336 e. The van der Waals surface area contributed by atoms with Crippen LogP contribution in [0.2, 0.25) is 0 Å². The van der Waals surface area contributed by atoms with E-state index < -0.39 is 44.4 Å². The molecule has 0 saturated heterocycles. The lowest BCUT2D eigenvalue weighted by Gasteiger charge is -2.22. The van der Waals surface area contributed by atoms with E-state index in [9.17, 15) is 33.8 Å². The molecule has 1 N–H and O–H groups in total. The van der Waals surface area contributed by atoms with E-state index in [-0.39, 0.29) is 12.0 Å². The number of rotatable bonds is 9. The maximum absolute atomic E-state index is 14.6. The lowest BCUT2D eigenvalue weighted by molar-refractivity contribution is -0.395. The lowest BCUT2D eigenvalue weighted by atomic mass is 9.84.